The standard InChI is InChI=1S/C26H25N5O18S6/c27-23-22-15(13-20(53(39,40)41)24(23)30-28-16-1-7-19(8-2-16)52(37,38)12-10-49-55(45,46)47)14-21(54(42,43)44)25(26(22)32)31-29-17-3-5-18(6-4-17)51(35,36)11-9-48-50(33)34/h1-8,13-14,32H,9-12,27H2,(H,33,34)(H,39,40,41)(H,42,43,44)(H,45,46,47)/p-1. The lowest BCUT2D eigenvalue weighted by molar-refractivity contribution is 0.283. The highest BCUT2D eigenvalue weighted by Crippen LogP contribution is 2.48. The molecule has 55 heavy (non-hydrogen) atoms. The molecular weight excluding hydrogens is 863 g/mol. The van der Waals surface area contributed by atoms with Crippen molar-refractivity contribution in [1.82, 2.24) is 0 Å². The van der Waals surface area contributed by atoms with Gasteiger partial charge in [-0.2, -0.15) is 35.5 Å². The van der Waals surface area contributed by atoms with Gasteiger partial charge < -0.3 is 15.4 Å². The maximum atomic E-state index is 12.4. The normalized spacial score (nSPS) is 13.9. The number of rotatable bonds is 16. The van der Waals surface area contributed by atoms with E-state index in [0.29, 0.717) is 12.1 Å². The molecule has 0 aliphatic heterocycles. The van der Waals surface area contributed by atoms with Crippen LogP contribution in [0.5, 0.6) is 5.75 Å². The summed E-state index contributed by atoms with van der Waals surface area (Å²) in [6.07, 6.45) is 0. The van der Waals surface area contributed by atoms with Crippen molar-refractivity contribution in [2.45, 2.75) is 19.6 Å². The number of hydrogen-bond donors (Lipinski definition) is 5. The van der Waals surface area contributed by atoms with Gasteiger partial charge in [-0.15, -0.1) is 10.2 Å². The molecule has 0 aliphatic rings. The van der Waals surface area contributed by atoms with E-state index < -0.39 is 130 Å². The first-order chi connectivity index (χ1) is 25.3. The molecule has 0 spiro atoms. The number of nitrogen functional groups attached to an aromatic ring is 1. The van der Waals surface area contributed by atoms with Crippen LogP contribution >= 0.6 is 0 Å². The molecule has 1 atom stereocenters. The van der Waals surface area contributed by atoms with E-state index in [1.807, 2.05) is 0 Å². The molecule has 6 N–H and O–H groups in total. The summed E-state index contributed by atoms with van der Waals surface area (Å²) in [7, 11) is -23.6. The Balaban J connectivity index is 1.77. The second kappa shape index (κ2) is 16.4. The van der Waals surface area contributed by atoms with Crippen LogP contribution in [0.4, 0.5) is 28.4 Å². The Labute approximate surface area is 314 Å². The lowest BCUT2D eigenvalue weighted by Gasteiger charge is -2.14. The first-order valence-electron chi connectivity index (χ1n) is 14.2. The number of benzene rings is 4. The minimum atomic E-state index is -5.27. The van der Waals surface area contributed by atoms with Gasteiger partial charge in [0.15, 0.2) is 25.4 Å². The fourth-order valence-electron chi connectivity index (χ4n) is 4.46. The van der Waals surface area contributed by atoms with Gasteiger partial charge in [0, 0.05) is 0 Å². The zero-order chi connectivity index (χ0) is 41.1. The maximum absolute atomic E-state index is 12.4. The van der Waals surface area contributed by atoms with Crippen LogP contribution in [0.15, 0.2) is 101 Å². The van der Waals surface area contributed by atoms with E-state index in [1.165, 1.54) is 0 Å². The Morgan fingerprint density at radius 2 is 1.07 bits per heavy atom. The molecule has 0 saturated heterocycles. The molecule has 1 unspecified atom stereocenters. The Hall–Kier alpha value is -4.40. The Morgan fingerprint density at radius 3 is 1.49 bits per heavy atom. The lowest BCUT2D eigenvalue weighted by atomic mass is 10.1. The zero-order valence-electron chi connectivity index (χ0n) is 26.9. The van der Waals surface area contributed by atoms with Crippen molar-refractivity contribution >= 4 is 101 Å². The number of nitrogens with two attached hydrogens (primary N) is 1. The number of fused-ring (bicyclic) bond motifs is 1. The quantitative estimate of drug-likeness (QED) is 0.0467. The van der Waals surface area contributed by atoms with Gasteiger partial charge in [0.05, 0.1) is 68.3 Å². The molecule has 0 amide bonds. The van der Waals surface area contributed by atoms with Crippen molar-refractivity contribution in [3.63, 3.8) is 0 Å². The van der Waals surface area contributed by atoms with E-state index in [4.69, 9.17) is 10.3 Å². The van der Waals surface area contributed by atoms with Crippen molar-refractivity contribution < 1.29 is 78.0 Å². The minimum absolute atomic E-state index is 0.133. The molecule has 4 aromatic carbocycles. The Morgan fingerprint density at radius 1 is 0.655 bits per heavy atom. The molecule has 23 nitrogen and oxygen atoms in total. The summed E-state index contributed by atoms with van der Waals surface area (Å²) >= 11 is -2.94. The average Bonchev–Trinajstić information content (AvgIpc) is 3.05. The topological polar surface area (TPSA) is 386 Å². The monoisotopic (exact) mass is 886 g/mol. The van der Waals surface area contributed by atoms with Gasteiger partial charge in [-0.25, -0.2) is 25.2 Å². The van der Waals surface area contributed by atoms with Gasteiger partial charge in [0.1, 0.15) is 21.2 Å². The molecule has 4 aromatic rings. The third-order valence-electron chi connectivity index (χ3n) is 6.91. The van der Waals surface area contributed by atoms with E-state index in [-0.39, 0.29) is 21.2 Å². The summed E-state index contributed by atoms with van der Waals surface area (Å²) in [4.78, 5) is -2.81. The molecule has 4 rings (SSSR count). The molecule has 29 heteroatoms. The van der Waals surface area contributed by atoms with Crippen LogP contribution in [0, 0.1) is 0 Å². The lowest BCUT2D eigenvalue weighted by Crippen LogP contribution is -2.15. The predicted octanol–water partition coefficient (Wildman–Crippen LogP) is 2.63. The fraction of sp³-hybridized carbons (Fsp3) is 0.154. The summed E-state index contributed by atoms with van der Waals surface area (Å²) in [5.41, 5.74) is 3.40. The third-order valence-corrected chi connectivity index (χ3v) is 12.9. The Bertz CT molecular complexity index is 2790. The highest BCUT2D eigenvalue weighted by Gasteiger charge is 2.28. The number of hydrogen-bond acceptors (Lipinski definition) is 20. The summed E-state index contributed by atoms with van der Waals surface area (Å²) in [6.45, 7) is -1.57. The van der Waals surface area contributed by atoms with E-state index in [2.05, 4.69) is 28.8 Å². The molecule has 0 aromatic heterocycles. The highest BCUT2D eigenvalue weighted by atomic mass is 32.3. The van der Waals surface area contributed by atoms with Crippen LogP contribution < -0.4 is 5.73 Å². The molecule has 0 aliphatic carbocycles. The van der Waals surface area contributed by atoms with Crippen LogP contribution in [0.3, 0.4) is 0 Å². The number of phenolic OH excluding ortho intramolecular Hbond substituents is 1. The van der Waals surface area contributed by atoms with Crippen LogP contribution in [-0.2, 0) is 70.0 Å². The van der Waals surface area contributed by atoms with E-state index in [1.54, 1.807) is 0 Å². The van der Waals surface area contributed by atoms with Crippen molar-refractivity contribution in [1.29, 1.82) is 0 Å². The van der Waals surface area contributed by atoms with Gasteiger partial charge in [-0.3, -0.25) is 17.8 Å². The molecular formula is C26H24N5O18S6-. The minimum Gasteiger partial charge on any atom is -0.750 e. The van der Waals surface area contributed by atoms with Gasteiger partial charge in [-0.1, -0.05) is 0 Å². The maximum Gasteiger partial charge on any atom is 0.397 e. The average molecular weight is 887 g/mol. The van der Waals surface area contributed by atoms with Crippen LogP contribution in [-0.4, -0.2) is 94.3 Å². The van der Waals surface area contributed by atoms with Gasteiger partial charge in [-0.05, 0) is 66.0 Å². The van der Waals surface area contributed by atoms with Crippen molar-refractivity contribution in [2.24, 2.45) is 20.5 Å². The van der Waals surface area contributed by atoms with Crippen molar-refractivity contribution in [3.05, 3.63) is 60.7 Å². The number of nitrogens with zero attached hydrogens (tertiary/aromatic N) is 4. The van der Waals surface area contributed by atoms with Crippen LogP contribution in [0.25, 0.3) is 10.8 Å². The number of phenols is 1. The van der Waals surface area contributed by atoms with E-state index in [0.717, 1.165) is 48.5 Å². The second-order valence-corrected chi connectivity index (χ2v) is 19.3. The summed E-state index contributed by atoms with van der Waals surface area (Å²) in [5, 5.41) is 25.1. The highest BCUT2D eigenvalue weighted by molar-refractivity contribution is 7.91. The van der Waals surface area contributed by atoms with Gasteiger partial charge in [0.2, 0.25) is 0 Å². The SMILES string of the molecule is Nc1c(N=Nc2ccc(S(=O)(=O)CCOS(=O)(=O)O)cc2)c(S(=O)(=O)O)cc2cc(S(=O)(=O)O)c(N=Nc3ccc(S(=O)(=O)CCOS(=O)[O-])cc3)c(O)c12. The van der Waals surface area contributed by atoms with E-state index in [9.17, 15) is 65.1 Å². The molecule has 0 saturated carbocycles. The van der Waals surface area contributed by atoms with Gasteiger partial charge in [0.25, 0.3) is 20.2 Å². The molecule has 0 heterocycles. The summed E-state index contributed by atoms with van der Waals surface area (Å²) < 4.78 is 178. The number of aromatic hydroxyl groups is 1. The van der Waals surface area contributed by atoms with Crippen LogP contribution in [0.2, 0.25) is 0 Å². The number of anilines is 1. The molecule has 0 radical (unpaired) electrons. The molecule has 298 valence electrons. The number of azo groups is 2. The second-order valence-electron chi connectivity index (χ2n) is 10.6. The first-order valence-corrected chi connectivity index (χ1v) is 22.8. The number of sulfone groups is 2. The first kappa shape index (κ1) is 43.3. The molecule has 0 bridgehead atoms. The van der Waals surface area contributed by atoms with Crippen molar-refractivity contribution in [2.75, 3.05) is 30.5 Å². The summed E-state index contributed by atoms with van der Waals surface area (Å²) in [5.74, 6) is -2.66. The summed E-state index contributed by atoms with van der Waals surface area (Å²) in [6, 6.07) is 9.72. The van der Waals surface area contributed by atoms with Gasteiger partial charge >= 0.3 is 10.4 Å². The predicted molar refractivity (Wildman–Crippen MR) is 187 cm³/mol. The Kier molecular flexibility index (Phi) is 12.9. The largest absolute Gasteiger partial charge is 0.750 e. The smallest absolute Gasteiger partial charge is 0.397 e. The van der Waals surface area contributed by atoms with Crippen molar-refractivity contribution in [3.8, 4) is 5.75 Å². The van der Waals surface area contributed by atoms with Crippen LogP contribution in [0.1, 0.15) is 0 Å². The third kappa shape index (κ3) is 11.1. The fourth-order valence-corrected chi connectivity index (χ4v) is 8.69. The molecule has 0 fully saturated rings. The zero-order valence-corrected chi connectivity index (χ0v) is 31.8. The van der Waals surface area contributed by atoms with E-state index >= 15 is 0 Å².